The first-order valence-electron chi connectivity index (χ1n) is 11.5. The predicted molar refractivity (Wildman–Crippen MR) is 132 cm³/mol. The van der Waals surface area contributed by atoms with Crippen LogP contribution in [0.25, 0.3) is 12.7 Å². The lowest BCUT2D eigenvalue weighted by atomic mass is 10.1. The van der Waals surface area contributed by atoms with Crippen LogP contribution >= 0.6 is 0 Å². The van der Waals surface area contributed by atoms with Gasteiger partial charge in [-0.25, -0.2) is 4.79 Å². The molecule has 2 aliphatic rings. The molecule has 0 aromatic heterocycles. The predicted octanol–water partition coefficient (Wildman–Crippen LogP) is 3.23. The van der Waals surface area contributed by atoms with Gasteiger partial charge in [-0.2, -0.15) is 0 Å². The summed E-state index contributed by atoms with van der Waals surface area (Å²) in [7, 11) is 0. The van der Waals surface area contributed by atoms with Gasteiger partial charge in [-0.15, -0.1) is 0 Å². The van der Waals surface area contributed by atoms with Gasteiger partial charge in [0.05, 0.1) is 0 Å². The summed E-state index contributed by atoms with van der Waals surface area (Å²) < 4.78 is 5.45. The quantitative estimate of drug-likeness (QED) is 0.742. The third-order valence-corrected chi connectivity index (χ3v) is 6.09. The minimum atomic E-state index is -0.603. The zero-order valence-electron chi connectivity index (χ0n) is 19.1. The maximum Gasteiger partial charge on any atom is 0.417 e. The summed E-state index contributed by atoms with van der Waals surface area (Å²) >= 11 is 0. The smallest absolute Gasteiger partial charge is 0.409 e. The van der Waals surface area contributed by atoms with E-state index in [9.17, 15) is 9.59 Å². The minimum Gasteiger partial charge on any atom is -0.409 e. The molecule has 1 saturated heterocycles. The van der Waals surface area contributed by atoms with Crippen molar-refractivity contribution in [3.8, 4) is 5.75 Å². The molecule has 6 heteroatoms. The van der Waals surface area contributed by atoms with Crippen LogP contribution < -0.4 is 20.5 Å². The number of piperazine rings is 1. The number of rotatable bonds is 6. The van der Waals surface area contributed by atoms with Crippen LogP contribution in [0, 0.1) is 5.92 Å². The number of nitrogens with zero attached hydrogens (tertiary/aromatic N) is 2. The van der Waals surface area contributed by atoms with Crippen molar-refractivity contribution in [2.45, 2.75) is 19.8 Å². The molecule has 2 aromatic carbocycles. The first-order chi connectivity index (χ1) is 16.0. The van der Waals surface area contributed by atoms with Gasteiger partial charge < -0.3 is 9.64 Å². The third kappa shape index (κ3) is 6.11. The van der Waals surface area contributed by atoms with Crippen LogP contribution in [0.4, 0.5) is 10.5 Å². The Kier molecular flexibility index (Phi) is 7.25. The maximum absolute atomic E-state index is 12.8. The van der Waals surface area contributed by atoms with Gasteiger partial charge in [-0.05, 0) is 61.2 Å². The molecular weight excluding hydrogens is 414 g/mol. The van der Waals surface area contributed by atoms with Crippen molar-refractivity contribution >= 4 is 30.3 Å². The fourth-order valence-corrected chi connectivity index (χ4v) is 3.96. The topological polar surface area (TPSA) is 61.9 Å². The summed E-state index contributed by atoms with van der Waals surface area (Å²) in [5.41, 5.74) is 1.19. The third-order valence-electron chi connectivity index (χ3n) is 6.09. The van der Waals surface area contributed by atoms with Gasteiger partial charge in [0, 0.05) is 49.2 Å². The number of carbonyl (C=O) groups excluding carboxylic acids is 2. The SMILES string of the molecule is C=c1c(OC(=O)Nc2ccc(C(=O)N3CCN(CC4CC4)CC3)cc2)ccc/c1=C/C=C\C. The van der Waals surface area contributed by atoms with E-state index >= 15 is 0 Å². The Morgan fingerprint density at radius 1 is 1.09 bits per heavy atom. The van der Waals surface area contributed by atoms with Crippen LogP contribution in [-0.4, -0.2) is 54.5 Å². The van der Waals surface area contributed by atoms with Crippen LogP contribution in [0.3, 0.4) is 0 Å². The molecule has 2 fully saturated rings. The van der Waals surface area contributed by atoms with Crippen molar-refractivity contribution < 1.29 is 14.3 Å². The zero-order chi connectivity index (χ0) is 23.2. The molecule has 172 valence electrons. The Morgan fingerprint density at radius 2 is 1.82 bits per heavy atom. The first-order valence-corrected chi connectivity index (χ1v) is 11.5. The Morgan fingerprint density at radius 3 is 2.48 bits per heavy atom. The van der Waals surface area contributed by atoms with Crippen LogP contribution in [0.1, 0.15) is 30.1 Å². The monoisotopic (exact) mass is 445 g/mol. The standard InChI is InChI=1S/C27H31N3O3/c1-3-4-6-22-7-5-8-25(20(22)2)33-27(32)28-24-13-11-23(12-14-24)26(31)30-17-15-29(16-18-30)19-21-9-10-21/h3-8,11-14,21H,2,9-10,15-19H2,1H3,(H,28,32)/b4-3-,22-6-. The van der Waals surface area contributed by atoms with Crippen molar-refractivity contribution in [2.24, 2.45) is 5.92 Å². The van der Waals surface area contributed by atoms with E-state index in [1.54, 1.807) is 30.3 Å². The fourth-order valence-electron chi connectivity index (χ4n) is 3.96. The highest BCUT2D eigenvalue weighted by atomic mass is 16.6. The van der Waals surface area contributed by atoms with Gasteiger partial charge >= 0.3 is 6.09 Å². The second-order valence-electron chi connectivity index (χ2n) is 8.64. The molecule has 6 nitrogen and oxygen atoms in total. The molecule has 33 heavy (non-hydrogen) atoms. The zero-order valence-corrected chi connectivity index (χ0v) is 19.1. The molecule has 1 aliphatic carbocycles. The summed E-state index contributed by atoms with van der Waals surface area (Å²) in [4.78, 5) is 29.6. The van der Waals surface area contributed by atoms with Crippen molar-refractivity contribution in [2.75, 3.05) is 38.0 Å². The molecule has 4 rings (SSSR count). The highest BCUT2D eigenvalue weighted by Gasteiger charge is 2.27. The Labute approximate surface area is 194 Å². The molecule has 1 aliphatic heterocycles. The van der Waals surface area contributed by atoms with Crippen LogP contribution in [0.15, 0.2) is 54.6 Å². The molecule has 1 N–H and O–H groups in total. The molecule has 2 amide bonds. The van der Waals surface area contributed by atoms with E-state index in [2.05, 4.69) is 16.8 Å². The highest BCUT2D eigenvalue weighted by molar-refractivity contribution is 5.95. The molecule has 0 unspecified atom stereocenters. The number of anilines is 1. The lowest BCUT2D eigenvalue weighted by Crippen LogP contribution is -2.49. The second-order valence-corrected chi connectivity index (χ2v) is 8.64. The molecule has 1 heterocycles. The van der Waals surface area contributed by atoms with Crippen molar-refractivity contribution in [3.05, 3.63) is 70.6 Å². The number of hydrogen-bond acceptors (Lipinski definition) is 4. The normalized spacial score (nSPS) is 17.4. The second kappa shape index (κ2) is 10.5. The summed E-state index contributed by atoms with van der Waals surface area (Å²) in [6.45, 7) is 10.5. The number of amides is 2. The van der Waals surface area contributed by atoms with Crippen LogP contribution in [0.2, 0.25) is 0 Å². The van der Waals surface area contributed by atoms with E-state index < -0.39 is 6.09 Å². The molecule has 1 saturated carbocycles. The van der Waals surface area contributed by atoms with Crippen LogP contribution in [-0.2, 0) is 0 Å². The number of benzene rings is 2. The van der Waals surface area contributed by atoms with E-state index in [4.69, 9.17) is 4.74 Å². The first kappa shape index (κ1) is 22.8. The van der Waals surface area contributed by atoms with Gasteiger partial charge in [-0.1, -0.05) is 36.9 Å². The number of allylic oxidation sites excluding steroid dienone is 2. The molecule has 2 aromatic rings. The van der Waals surface area contributed by atoms with E-state index in [-0.39, 0.29) is 5.91 Å². The van der Waals surface area contributed by atoms with Gasteiger partial charge in [0.25, 0.3) is 5.91 Å². The Balaban J connectivity index is 1.32. The Bertz CT molecular complexity index is 1130. The lowest BCUT2D eigenvalue weighted by Gasteiger charge is -2.34. The summed E-state index contributed by atoms with van der Waals surface area (Å²) in [5, 5.41) is 4.24. The van der Waals surface area contributed by atoms with Gasteiger partial charge in [-0.3, -0.25) is 15.0 Å². The summed E-state index contributed by atoms with van der Waals surface area (Å²) in [5.74, 6) is 1.31. The minimum absolute atomic E-state index is 0.0334. The maximum atomic E-state index is 12.8. The molecule has 0 bridgehead atoms. The Hall–Kier alpha value is -3.38. The highest BCUT2D eigenvalue weighted by Crippen LogP contribution is 2.30. The van der Waals surface area contributed by atoms with E-state index in [0.717, 1.165) is 37.3 Å². The molecule has 0 spiro atoms. The average molecular weight is 446 g/mol. The lowest BCUT2D eigenvalue weighted by molar-refractivity contribution is 0.0632. The number of nitrogens with one attached hydrogen (secondary N) is 1. The fraction of sp³-hybridized carbons (Fsp3) is 0.333. The van der Waals surface area contributed by atoms with E-state index in [0.29, 0.717) is 22.2 Å². The number of carbonyl (C=O) groups is 2. The summed E-state index contributed by atoms with van der Waals surface area (Å²) in [6.07, 6.45) is 7.84. The van der Waals surface area contributed by atoms with Gasteiger partial charge in [0.15, 0.2) is 0 Å². The van der Waals surface area contributed by atoms with Gasteiger partial charge in [0.2, 0.25) is 0 Å². The number of ether oxygens (including phenoxy) is 1. The van der Waals surface area contributed by atoms with Crippen molar-refractivity contribution in [1.29, 1.82) is 0 Å². The van der Waals surface area contributed by atoms with Gasteiger partial charge in [0.1, 0.15) is 5.75 Å². The molecule has 0 atom stereocenters. The van der Waals surface area contributed by atoms with E-state index in [1.807, 2.05) is 42.2 Å². The van der Waals surface area contributed by atoms with Crippen molar-refractivity contribution in [1.82, 2.24) is 9.80 Å². The van der Waals surface area contributed by atoms with Crippen LogP contribution in [0.5, 0.6) is 5.75 Å². The molecule has 0 radical (unpaired) electrons. The van der Waals surface area contributed by atoms with Crippen molar-refractivity contribution in [3.63, 3.8) is 0 Å². The largest absolute Gasteiger partial charge is 0.417 e. The summed E-state index contributed by atoms with van der Waals surface area (Å²) in [6, 6.07) is 12.4. The number of hydrogen-bond donors (Lipinski definition) is 1. The molecular formula is C27H31N3O3. The van der Waals surface area contributed by atoms with E-state index in [1.165, 1.54) is 19.4 Å². The average Bonchev–Trinajstić information content (AvgIpc) is 3.64.